The van der Waals surface area contributed by atoms with Crippen LogP contribution in [0.15, 0.2) is 24.3 Å². The van der Waals surface area contributed by atoms with Gasteiger partial charge in [-0.05, 0) is 68.7 Å². The molecule has 7 heteroatoms. The van der Waals surface area contributed by atoms with Gasteiger partial charge in [-0.2, -0.15) is 0 Å². The zero-order valence-corrected chi connectivity index (χ0v) is 15.4. The standard InChI is InChI=1S/C20H26FN3O3/c21-15-3-5-16(6-4-15)23-19(26)24-11-9-20(10-12-24)8-7-17(27-20)18(25)22-13-14-1-2-14/h3-6,14,17H,1-2,7-13H2,(H,22,25)(H,23,26). The molecule has 1 aromatic carbocycles. The van der Waals surface area contributed by atoms with E-state index in [1.54, 1.807) is 17.0 Å². The molecule has 3 aliphatic rings. The third-order valence-corrected chi connectivity index (χ3v) is 5.87. The van der Waals surface area contributed by atoms with Gasteiger partial charge in [-0.3, -0.25) is 4.79 Å². The first kappa shape index (κ1) is 18.2. The molecule has 0 bridgehead atoms. The van der Waals surface area contributed by atoms with E-state index in [4.69, 9.17) is 4.74 Å². The summed E-state index contributed by atoms with van der Waals surface area (Å²) in [6.07, 6.45) is 5.15. The van der Waals surface area contributed by atoms with E-state index in [0.29, 0.717) is 24.7 Å². The molecule has 6 nitrogen and oxygen atoms in total. The molecule has 3 fully saturated rings. The molecule has 0 radical (unpaired) electrons. The number of hydrogen-bond donors (Lipinski definition) is 2. The monoisotopic (exact) mass is 375 g/mol. The number of amides is 3. The Labute approximate surface area is 158 Å². The van der Waals surface area contributed by atoms with Crippen LogP contribution >= 0.6 is 0 Å². The van der Waals surface area contributed by atoms with Crippen LogP contribution in [0.25, 0.3) is 0 Å². The Morgan fingerprint density at radius 1 is 1.11 bits per heavy atom. The third kappa shape index (κ3) is 4.40. The van der Waals surface area contributed by atoms with E-state index in [0.717, 1.165) is 32.2 Å². The number of carbonyl (C=O) groups is 2. The summed E-state index contributed by atoms with van der Waals surface area (Å²) in [6, 6.07) is 5.55. The number of piperidine rings is 1. The van der Waals surface area contributed by atoms with Crippen molar-refractivity contribution in [2.45, 2.75) is 50.2 Å². The number of urea groups is 1. The van der Waals surface area contributed by atoms with Gasteiger partial charge in [-0.25, -0.2) is 9.18 Å². The summed E-state index contributed by atoms with van der Waals surface area (Å²) < 4.78 is 19.1. The second kappa shape index (κ2) is 7.46. The topological polar surface area (TPSA) is 70.7 Å². The number of rotatable bonds is 4. The van der Waals surface area contributed by atoms with Gasteiger partial charge in [-0.15, -0.1) is 0 Å². The van der Waals surface area contributed by atoms with Crippen LogP contribution in [0.3, 0.4) is 0 Å². The molecule has 1 aliphatic carbocycles. The fourth-order valence-corrected chi connectivity index (χ4v) is 3.90. The lowest BCUT2D eigenvalue weighted by atomic mass is 9.88. The van der Waals surface area contributed by atoms with Crippen molar-refractivity contribution in [1.82, 2.24) is 10.2 Å². The normalized spacial score (nSPS) is 24.0. The van der Waals surface area contributed by atoms with Gasteiger partial charge in [-0.1, -0.05) is 0 Å². The smallest absolute Gasteiger partial charge is 0.321 e. The highest BCUT2D eigenvalue weighted by Crippen LogP contribution is 2.39. The molecule has 0 aromatic heterocycles. The fraction of sp³-hybridized carbons (Fsp3) is 0.600. The minimum Gasteiger partial charge on any atom is -0.362 e. The molecular weight excluding hydrogens is 349 g/mol. The van der Waals surface area contributed by atoms with Gasteiger partial charge in [0.25, 0.3) is 0 Å². The zero-order chi connectivity index (χ0) is 18.9. The van der Waals surface area contributed by atoms with Crippen molar-refractivity contribution < 1.29 is 18.7 Å². The minimum absolute atomic E-state index is 0.00950. The molecule has 2 saturated heterocycles. The molecule has 1 saturated carbocycles. The Morgan fingerprint density at radius 3 is 2.48 bits per heavy atom. The first-order valence-electron chi connectivity index (χ1n) is 9.80. The first-order chi connectivity index (χ1) is 13.0. The van der Waals surface area contributed by atoms with Crippen LogP contribution < -0.4 is 10.6 Å². The quantitative estimate of drug-likeness (QED) is 0.850. The molecule has 27 heavy (non-hydrogen) atoms. The highest BCUT2D eigenvalue weighted by molar-refractivity contribution is 5.89. The number of nitrogens with zero attached hydrogens (tertiary/aromatic N) is 1. The second-order valence-electron chi connectivity index (χ2n) is 7.94. The van der Waals surface area contributed by atoms with E-state index in [2.05, 4.69) is 10.6 Å². The highest BCUT2D eigenvalue weighted by atomic mass is 19.1. The first-order valence-corrected chi connectivity index (χ1v) is 9.80. The fourth-order valence-electron chi connectivity index (χ4n) is 3.90. The summed E-state index contributed by atoms with van der Waals surface area (Å²) >= 11 is 0. The molecule has 1 spiro atoms. The second-order valence-corrected chi connectivity index (χ2v) is 7.94. The maximum Gasteiger partial charge on any atom is 0.321 e. The van der Waals surface area contributed by atoms with E-state index in [1.165, 1.54) is 25.0 Å². The van der Waals surface area contributed by atoms with Gasteiger partial charge >= 0.3 is 6.03 Å². The van der Waals surface area contributed by atoms with Crippen molar-refractivity contribution in [3.63, 3.8) is 0 Å². The molecular formula is C20H26FN3O3. The van der Waals surface area contributed by atoms with Crippen LogP contribution in [0.5, 0.6) is 0 Å². The number of carbonyl (C=O) groups excluding carboxylic acids is 2. The van der Waals surface area contributed by atoms with Gasteiger partial charge in [0.1, 0.15) is 11.9 Å². The Bertz CT molecular complexity index is 697. The molecule has 2 aliphatic heterocycles. The molecule has 2 heterocycles. The lowest BCUT2D eigenvalue weighted by molar-refractivity contribution is -0.140. The van der Waals surface area contributed by atoms with Gasteiger partial charge in [0.2, 0.25) is 5.91 Å². The maximum atomic E-state index is 13.0. The van der Waals surface area contributed by atoms with E-state index in [1.807, 2.05) is 0 Å². The molecule has 1 unspecified atom stereocenters. The Morgan fingerprint density at radius 2 is 1.81 bits per heavy atom. The lowest BCUT2D eigenvalue weighted by Crippen LogP contribution is -2.48. The number of hydrogen-bond acceptors (Lipinski definition) is 3. The average molecular weight is 375 g/mol. The SMILES string of the molecule is O=C(NCC1CC1)C1CCC2(CCN(C(=O)Nc3ccc(F)cc3)CC2)O1. The van der Waals surface area contributed by atoms with Crippen molar-refractivity contribution >= 4 is 17.6 Å². The summed E-state index contributed by atoms with van der Waals surface area (Å²) in [5, 5.41) is 5.80. The van der Waals surface area contributed by atoms with Crippen molar-refractivity contribution in [3.05, 3.63) is 30.1 Å². The Balaban J connectivity index is 1.25. The predicted octanol–water partition coefficient (Wildman–Crippen LogP) is 2.90. The lowest BCUT2D eigenvalue weighted by Gasteiger charge is -2.39. The Hall–Kier alpha value is -2.15. The molecule has 3 amide bonds. The van der Waals surface area contributed by atoms with Crippen molar-refractivity contribution in [3.8, 4) is 0 Å². The van der Waals surface area contributed by atoms with Crippen LogP contribution in [0.2, 0.25) is 0 Å². The van der Waals surface area contributed by atoms with Crippen LogP contribution in [0, 0.1) is 11.7 Å². The number of nitrogens with one attached hydrogen (secondary N) is 2. The summed E-state index contributed by atoms with van der Waals surface area (Å²) in [7, 11) is 0. The predicted molar refractivity (Wildman–Crippen MR) is 98.8 cm³/mol. The van der Waals surface area contributed by atoms with Crippen LogP contribution in [0.1, 0.15) is 38.5 Å². The summed E-state index contributed by atoms with van der Waals surface area (Å²) in [6.45, 7) is 1.94. The van der Waals surface area contributed by atoms with Gasteiger partial charge < -0.3 is 20.3 Å². The van der Waals surface area contributed by atoms with Crippen molar-refractivity contribution in [2.75, 3.05) is 25.0 Å². The van der Waals surface area contributed by atoms with Crippen LogP contribution in [-0.2, 0) is 9.53 Å². The van der Waals surface area contributed by atoms with Crippen molar-refractivity contribution in [2.24, 2.45) is 5.92 Å². The summed E-state index contributed by atoms with van der Waals surface area (Å²) in [5.74, 6) is 0.337. The summed E-state index contributed by atoms with van der Waals surface area (Å²) in [4.78, 5) is 26.4. The van der Waals surface area contributed by atoms with Gasteiger partial charge in [0, 0.05) is 25.3 Å². The van der Waals surface area contributed by atoms with E-state index < -0.39 is 0 Å². The molecule has 1 atom stereocenters. The highest BCUT2D eigenvalue weighted by Gasteiger charge is 2.45. The van der Waals surface area contributed by atoms with Gasteiger partial charge in [0.15, 0.2) is 0 Å². The van der Waals surface area contributed by atoms with E-state index in [-0.39, 0.29) is 29.5 Å². The largest absolute Gasteiger partial charge is 0.362 e. The maximum absolute atomic E-state index is 13.0. The number of likely N-dealkylation sites (tertiary alicyclic amines) is 1. The molecule has 146 valence electrons. The third-order valence-electron chi connectivity index (χ3n) is 5.87. The Kier molecular flexibility index (Phi) is 5.04. The van der Waals surface area contributed by atoms with E-state index in [9.17, 15) is 14.0 Å². The van der Waals surface area contributed by atoms with E-state index >= 15 is 0 Å². The molecule has 2 N–H and O–H groups in total. The van der Waals surface area contributed by atoms with Gasteiger partial charge in [0.05, 0.1) is 5.60 Å². The van der Waals surface area contributed by atoms with Crippen LogP contribution in [-0.4, -0.2) is 48.2 Å². The van der Waals surface area contributed by atoms with Crippen molar-refractivity contribution in [1.29, 1.82) is 0 Å². The van der Waals surface area contributed by atoms with Crippen LogP contribution in [0.4, 0.5) is 14.9 Å². The minimum atomic E-state index is -0.358. The number of ether oxygens (including phenoxy) is 1. The number of anilines is 1. The summed E-state index contributed by atoms with van der Waals surface area (Å²) in [5.41, 5.74) is 0.292. The zero-order valence-electron chi connectivity index (χ0n) is 15.4. The number of benzene rings is 1. The molecule has 1 aromatic rings. The average Bonchev–Trinajstić information content (AvgIpc) is 3.42. The number of halogens is 1. The molecule has 4 rings (SSSR count).